The number of thiol groups is 1. The molecule has 0 aliphatic carbocycles. The van der Waals surface area contributed by atoms with Crippen molar-refractivity contribution in [1.29, 1.82) is 0 Å². The van der Waals surface area contributed by atoms with Crippen LogP contribution in [0.1, 0.15) is 23.7 Å². The Kier molecular flexibility index (Phi) is 4.38. The van der Waals surface area contributed by atoms with E-state index >= 15 is 0 Å². The highest BCUT2D eigenvalue weighted by Crippen LogP contribution is 2.20. The fraction of sp³-hybridized carbons (Fsp3) is 0.500. The fourth-order valence-electron chi connectivity index (χ4n) is 1.40. The smallest absolute Gasteiger partial charge is 0.248 e. The van der Waals surface area contributed by atoms with Crippen LogP contribution in [0.5, 0.6) is 0 Å². The molecule has 2 atom stereocenters. The summed E-state index contributed by atoms with van der Waals surface area (Å²) in [6.45, 7) is 1.72. The van der Waals surface area contributed by atoms with Gasteiger partial charge in [-0.2, -0.15) is 12.6 Å². The van der Waals surface area contributed by atoms with Crippen molar-refractivity contribution in [2.75, 3.05) is 5.75 Å². The summed E-state index contributed by atoms with van der Waals surface area (Å²) in [5, 5.41) is 19.4. The average Bonchev–Trinajstić information content (AvgIpc) is 2.17. The monoisotopic (exact) mass is 229 g/mol. The maximum Gasteiger partial charge on any atom is 0.248 e. The highest BCUT2D eigenvalue weighted by molar-refractivity contribution is 7.80. The molecular weight excluding hydrogens is 214 g/mol. The number of hydrogen-bond donors (Lipinski definition) is 4. The summed E-state index contributed by atoms with van der Waals surface area (Å²) >= 11 is 3.98. The van der Waals surface area contributed by atoms with Crippen molar-refractivity contribution in [1.82, 2.24) is 4.98 Å². The van der Waals surface area contributed by atoms with Crippen molar-refractivity contribution in [3.63, 3.8) is 0 Å². The van der Waals surface area contributed by atoms with Gasteiger partial charge in [0.05, 0.1) is 6.10 Å². The molecule has 0 spiro atoms. The molecule has 1 rings (SSSR count). The van der Waals surface area contributed by atoms with Gasteiger partial charge in [0.1, 0.15) is 6.10 Å². The maximum atomic E-state index is 10.9. The Morgan fingerprint density at radius 1 is 1.53 bits per heavy atom. The van der Waals surface area contributed by atoms with Crippen LogP contribution in [0.4, 0.5) is 0 Å². The van der Waals surface area contributed by atoms with Crippen LogP contribution in [0.3, 0.4) is 0 Å². The van der Waals surface area contributed by atoms with Crippen molar-refractivity contribution in [2.24, 2.45) is 0 Å². The molecule has 4 nitrogen and oxygen atoms in total. The summed E-state index contributed by atoms with van der Waals surface area (Å²) in [4.78, 5) is 13.4. The van der Waals surface area contributed by atoms with Crippen molar-refractivity contribution >= 4 is 12.6 Å². The Morgan fingerprint density at radius 2 is 2.20 bits per heavy atom. The SMILES string of the molecule is Cc1cc(=O)[nH]cc1C(O)C(O)CCS. The van der Waals surface area contributed by atoms with E-state index in [0.29, 0.717) is 23.3 Å². The van der Waals surface area contributed by atoms with Crippen LogP contribution in [0.25, 0.3) is 0 Å². The van der Waals surface area contributed by atoms with Crippen LogP contribution in [0.2, 0.25) is 0 Å². The minimum atomic E-state index is -0.978. The first-order valence-corrected chi connectivity index (χ1v) is 5.35. The molecule has 0 radical (unpaired) electrons. The standard InChI is InChI=1S/C10H15NO3S/c1-6-4-9(13)11-5-7(6)10(14)8(12)2-3-15/h4-5,8,10,12,14-15H,2-3H2,1H3,(H,11,13). The second-order valence-corrected chi connectivity index (χ2v) is 3.91. The molecule has 0 saturated carbocycles. The number of rotatable bonds is 4. The number of pyridine rings is 1. The quantitative estimate of drug-likeness (QED) is 0.565. The highest BCUT2D eigenvalue weighted by atomic mass is 32.1. The van der Waals surface area contributed by atoms with Crippen LogP contribution < -0.4 is 5.56 Å². The third-order valence-electron chi connectivity index (χ3n) is 2.28. The van der Waals surface area contributed by atoms with E-state index in [2.05, 4.69) is 17.6 Å². The first kappa shape index (κ1) is 12.3. The molecule has 0 aromatic carbocycles. The van der Waals surface area contributed by atoms with E-state index in [9.17, 15) is 15.0 Å². The van der Waals surface area contributed by atoms with E-state index in [1.807, 2.05) is 0 Å². The zero-order valence-electron chi connectivity index (χ0n) is 8.47. The molecule has 0 aliphatic rings. The molecule has 15 heavy (non-hydrogen) atoms. The summed E-state index contributed by atoms with van der Waals surface area (Å²) in [5.41, 5.74) is 1.00. The van der Waals surface area contributed by atoms with Crippen molar-refractivity contribution < 1.29 is 10.2 Å². The Labute approximate surface area is 93.4 Å². The van der Waals surface area contributed by atoms with E-state index in [1.165, 1.54) is 12.3 Å². The lowest BCUT2D eigenvalue weighted by Gasteiger charge is -2.18. The lowest BCUT2D eigenvalue weighted by Crippen LogP contribution is -2.21. The predicted molar refractivity (Wildman–Crippen MR) is 61.2 cm³/mol. The molecule has 0 fully saturated rings. The molecule has 84 valence electrons. The Hall–Kier alpha value is -0.780. The minimum Gasteiger partial charge on any atom is -0.390 e. The van der Waals surface area contributed by atoms with Gasteiger partial charge in [-0.05, 0) is 24.7 Å². The predicted octanol–water partition coefficient (Wildman–Crippen LogP) is 0.398. The van der Waals surface area contributed by atoms with Crippen LogP contribution in [-0.2, 0) is 0 Å². The zero-order chi connectivity index (χ0) is 11.4. The van der Waals surface area contributed by atoms with Gasteiger partial charge in [-0.15, -0.1) is 0 Å². The lowest BCUT2D eigenvalue weighted by atomic mass is 10.0. The highest BCUT2D eigenvalue weighted by Gasteiger charge is 2.19. The lowest BCUT2D eigenvalue weighted by molar-refractivity contribution is 0.0166. The maximum absolute atomic E-state index is 10.9. The van der Waals surface area contributed by atoms with Gasteiger partial charge in [-0.1, -0.05) is 0 Å². The third kappa shape index (κ3) is 3.09. The zero-order valence-corrected chi connectivity index (χ0v) is 9.37. The number of H-pyrrole nitrogens is 1. The molecule has 1 aromatic rings. The Balaban J connectivity index is 2.90. The van der Waals surface area contributed by atoms with Crippen LogP contribution in [0.15, 0.2) is 17.1 Å². The van der Waals surface area contributed by atoms with Crippen LogP contribution in [-0.4, -0.2) is 27.1 Å². The summed E-state index contributed by atoms with van der Waals surface area (Å²) in [5.74, 6) is 0.501. The summed E-state index contributed by atoms with van der Waals surface area (Å²) in [6, 6.07) is 1.39. The molecule has 0 aliphatic heterocycles. The summed E-state index contributed by atoms with van der Waals surface area (Å²) in [7, 11) is 0. The molecular formula is C10H15NO3S. The normalized spacial score (nSPS) is 14.9. The van der Waals surface area contributed by atoms with Crippen molar-refractivity contribution in [3.05, 3.63) is 33.7 Å². The van der Waals surface area contributed by atoms with Gasteiger partial charge >= 0.3 is 0 Å². The van der Waals surface area contributed by atoms with E-state index in [1.54, 1.807) is 6.92 Å². The fourth-order valence-corrected chi connectivity index (χ4v) is 1.66. The topological polar surface area (TPSA) is 73.3 Å². The number of hydrogen-bond acceptors (Lipinski definition) is 4. The average molecular weight is 229 g/mol. The number of nitrogens with one attached hydrogen (secondary N) is 1. The van der Waals surface area contributed by atoms with Gasteiger partial charge in [-0.3, -0.25) is 4.79 Å². The van der Waals surface area contributed by atoms with E-state index < -0.39 is 12.2 Å². The first-order chi connectivity index (χ1) is 7.06. The molecule has 3 N–H and O–H groups in total. The molecule has 0 saturated heterocycles. The van der Waals surface area contributed by atoms with Crippen molar-refractivity contribution in [3.8, 4) is 0 Å². The summed E-state index contributed by atoms with van der Waals surface area (Å²) in [6.07, 6.45) is 0.00788. The number of aryl methyl sites for hydroxylation is 1. The molecule has 0 amide bonds. The third-order valence-corrected chi connectivity index (χ3v) is 2.54. The minimum absolute atomic E-state index is 0.216. The molecule has 5 heteroatoms. The first-order valence-electron chi connectivity index (χ1n) is 4.72. The largest absolute Gasteiger partial charge is 0.390 e. The second kappa shape index (κ2) is 5.34. The van der Waals surface area contributed by atoms with Gasteiger partial charge < -0.3 is 15.2 Å². The number of aliphatic hydroxyl groups is 2. The number of aliphatic hydroxyl groups excluding tert-OH is 2. The Bertz CT molecular complexity index is 377. The molecule has 1 aromatic heterocycles. The Morgan fingerprint density at radius 3 is 2.73 bits per heavy atom. The van der Waals surface area contributed by atoms with Gasteiger partial charge in [0.25, 0.3) is 0 Å². The van der Waals surface area contributed by atoms with E-state index in [-0.39, 0.29) is 5.56 Å². The van der Waals surface area contributed by atoms with Crippen LogP contribution in [0, 0.1) is 6.92 Å². The molecule has 0 bridgehead atoms. The number of aromatic nitrogens is 1. The van der Waals surface area contributed by atoms with Gasteiger partial charge in [0, 0.05) is 17.8 Å². The van der Waals surface area contributed by atoms with Gasteiger partial charge in [-0.25, -0.2) is 0 Å². The van der Waals surface area contributed by atoms with Crippen molar-refractivity contribution in [2.45, 2.75) is 25.6 Å². The molecule has 2 unspecified atom stereocenters. The molecule has 1 heterocycles. The van der Waals surface area contributed by atoms with Crippen LogP contribution >= 0.6 is 12.6 Å². The van der Waals surface area contributed by atoms with Gasteiger partial charge in [0.15, 0.2) is 0 Å². The van der Waals surface area contributed by atoms with Gasteiger partial charge in [0.2, 0.25) is 5.56 Å². The van der Waals surface area contributed by atoms with E-state index in [0.717, 1.165) is 0 Å². The van der Waals surface area contributed by atoms with E-state index in [4.69, 9.17) is 0 Å². The second-order valence-electron chi connectivity index (χ2n) is 3.46. The summed E-state index contributed by atoms with van der Waals surface area (Å²) < 4.78 is 0. The number of aromatic amines is 1.